The van der Waals surface area contributed by atoms with E-state index in [1.54, 1.807) is 6.07 Å². The normalized spacial score (nSPS) is 15.6. The molecule has 4 nitrogen and oxygen atoms in total. The Bertz CT molecular complexity index is 829. The minimum absolute atomic E-state index is 0.00315. The molecule has 0 saturated carbocycles. The second-order valence-corrected chi connectivity index (χ2v) is 4.79. The number of cyclic esters (lactones) is 1. The van der Waals surface area contributed by atoms with E-state index >= 15 is 0 Å². The van der Waals surface area contributed by atoms with Gasteiger partial charge in [-0.2, -0.15) is 8.78 Å². The fourth-order valence-electron chi connectivity index (χ4n) is 2.06. The molecule has 0 bridgehead atoms. The van der Waals surface area contributed by atoms with E-state index in [1.165, 1.54) is 48.5 Å². The highest BCUT2D eigenvalue weighted by molar-refractivity contribution is 6.12. The molecule has 0 aliphatic carbocycles. The van der Waals surface area contributed by atoms with Gasteiger partial charge in [-0.3, -0.25) is 0 Å². The molecule has 0 saturated heterocycles. The van der Waals surface area contributed by atoms with Crippen LogP contribution in [0.25, 0.3) is 6.08 Å². The zero-order valence-corrected chi connectivity index (χ0v) is 12.1. The summed E-state index contributed by atoms with van der Waals surface area (Å²) in [6.07, 6.45) is 1.43. The zero-order chi connectivity index (χ0) is 17.1. The maximum Gasteiger partial charge on any atom is 0.387 e. The van der Waals surface area contributed by atoms with Gasteiger partial charge in [0.2, 0.25) is 5.90 Å². The Hall–Kier alpha value is -3.09. The van der Waals surface area contributed by atoms with Crippen LogP contribution in [0.15, 0.2) is 59.2 Å². The monoisotopic (exact) mass is 333 g/mol. The molecule has 0 spiro atoms. The van der Waals surface area contributed by atoms with Gasteiger partial charge in [0, 0.05) is 5.56 Å². The van der Waals surface area contributed by atoms with Crippen LogP contribution in [0.3, 0.4) is 0 Å². The summed E-state index contributed by atoms with van der Waals surface area (Å²) < 4.78 is 46.7. The van der Waals surface area contributed by atoms with Gasteiger partial charge in [-0.15, -0.1) is 0 Å². The minimum atomic E-state index is -2.91. The van der Waals surface area contributed by atoms with Crippen LogP contribution in [0.2, 0.25) is 0 Å². The van der Waals surface area contributed by atoms with Crippen LogP contribution in [0, 0.1) is 5.82 Å². The Morgan fingerprint density at radius 1 is 1.12 bits per heavy atom. The fraction of sp³-hybridized carbons (Fsp3) is 0.0588. The van der Waals surface area contributed by atoms with Gasteiger partial charge in [0.1, 0.15) is 11.6 Å². The van der Waals surface area contributed by atoms with Gasteiger partial charge in [0.15, 0.2) is 5.70 Å². The van der Waals surface area contributed by atoms with E-state index in [2.05, 4.69) is 9.73 Å². The van der Waals surface area contributed by atoms with Crippen LogP contribution in [0.1, 0.15) is 11.1 Å². The van der Waals surface area contributed by atoms with Crippen molar-refractivity contribution in [3.8, 4) is 5.75 Å². The van der Waals surface area contributed by atoms with Crippen molar-refractivity contribution in [2.24, 2.45) is 4.99 Å². The fourth-order valence-corrected chi connectivity index (χ4v) is 2.06. The lowest BCUT2D eigenvalue weighted by molar-refractivity contribution is -0.129. The summed E-state index contributed by atoms with van der Waals surface area (Å²) in [4.78, 5) is 15.9. The Balaban J connectivity index is 1.83. The predicted octanol–water partition coefficient (Wildman–Crippen LogP) is 3.77. The molecule has 0 atom stereocenters. The van der Waals surface area contributed by atoms with E-state index in [0.717, 1.165) is 0 Å². The molecule has 0 unspecified atom stereocenters. The highest BCUT2D eigenvalue weighted by atomic mass is 19.3. The highest BCUT2D eigenvalue weighted by Gasteiger charge is 2.24. The third kappa shape index (κ3) is 3.62. The van der Waals surface area contributed by atoms with E-state index in [-0.39, 0.29) is 17.3 Å². The Labute approximate surface area is 134 Å². The van der Waals surface area contributed by atoms with Crippen LogP contribution in [0.4, 0.5) is 13.2 Å². The third-order valence-corrected chi connectivity index (χ3v) is 3.10. The Kier molecular flexibility index (Phi) is 4.33. The largest absolute Gasteiger partial charge is 0.435 e. The molecule has 1 aliphatic heterocycles. The molecule has 0 N–H and O–H groups in total. The summed E-state index contributed by atoms with van der Waals surface area (Å²) in [6.45, 7) is -2.91. The number of hydrogen-bond donors (Lipinski definition) is 0. The lowest BCUT2D eigenvalue weighted by Crippen LogP contribution is -2.05. The molecule has 0 radical (unpaired) electrons. The first-order valence-corrected chi connectivity index (χ1v) is 6.84. The summed E-state index contributed by atoms with van der Waals surface area (Å²) in [5, 5.41) is 0. The number of halogens is 3. The van der Waals surface area contributed by atoms with Crippen LogP contribution in [-0.2, 0) is 9.53 Å². The summed E-state index contributed by atoms with van der Waals surface area (Å²) >= 11 is 0. The molecule has 7 heteroatoms. The van der Waals surface area contributed by atoms with Crippen molar-refractivity contribution in [1.82, 2.24) is 0 Å². The van der Waals surface area contributed by atoms with Crippen molar-refractivity contribution < 1.29 is 27.4 Å². The number of benzene rings is 2. The molecule has 0 amide bonds. The molecular weight excluding hydrogens is 323 g/mol. The van der Waals surface area contributed by atoms with Gasteiger partial charge >= 0.3 is 12.6 Å². The van der Waals surface area contributed by atoms with Crippen LogP contribution >= 0.6 is 0 Å². The Morgan fingerprint density at radius 3 is 2.54 bits per heavy atom. The molecule has 2 aromatic rings. The standard InChI is InChI=1S/C17H10F3NO3/c18-12-3-1-2-11(9-12)15-21-14(16(22)24-15)8-10-4-6-13(7-5-10)23-17(19)20/h1-9,17H. The number of carbonyl (C=O) groups is 1. The third-order valence-electron chi connectivity index (χ3n) is 3.10. The van der Waals surface area contributed by atoms with Crippen LogP contribution in [0.5, 0.6) is 5.75 Å². The van der Waals surface area contributed by atoms with E-state index < -0.39 is 18.4 Å². The topological polar surface area (TPSA) is 47.9 Å². The summed E-state index contributed by atoms with van der Waals surface area (Å²) in [5.41, 5.74) is 0.914. The number of esters is 1. The quantitative estimate of drug-likeness (QED) is 0.632. The predicted molar refractivity (Wildman–Crippen MR) is 80.1 cm³/mol. The maximum absolute atomic E-state index is 13.2. The number of ether oxygens (including phenoxy) is 2. The zero-order valence-electron chi connectivity index (χ0n) is 12.1. The van der Waals surface area contributed by atoms with Gasteiger partial charge in [0.05, 0.1) is 0 Å². The van der Waals surface area contributed by atoms with E-state index in [9.17, 15) is 18.0 Å². The first kappa shape index (κ1) is 15.8. The SMILES string of the molecule is O=C1OC(c2cccc(F)c2)=NC1=Cc1ccc(OC(F)F)cc1. The smallest absolute Gasteiger partial charge is 0.387 e. The molecule has 0 aromatic heterocycles. The molecular formula is C17H10F3NO3. The van der Waals surface area contributed by atoms with E-state index in [4.69, 9.17) is 4.74 Å². The number of rotatable bonds is 4. The lowest BCUT2D eigenvalue weighted by atomic mass is 10.2. The first-order valence-electron chi connectivity index (χ1n) is 6.84. The number of carbonyl (C=O) groups excluding carboxylic acids is 1. The Morgan fingerprint density at radius 2 is 1.88 bits per heavy atom. The highest BCUT2D eigenvalue weighted by Crippen LogP contribution is 2.21. The van der Waals surface area contributed by atoms with Gasteiger partial charge in [0.25, 0.3) is 0 Å². The lowest BCUT2D eigenvalue weighted by Gasteiger charge is -2.03. The second kappa shape index (κ2) is 6.57. The minimum Gasteiger partial charge on any atom is -0.435 e. The summed E-state index contributed by atoms with van der Waals surface area (Å²) in [5.74, 6) is -1.14. The van der Waals surface area contributed by atoms with Gasteiger partial charge in [-0.25, -0.2) is 14.2 Å². The van der Waals surface area contributed by atoms with Crippen LogP contribution in [-0.4, -0.2) is 18.5 Å². The maximum atomic E-state index is 13.2. The van der Waals surface area contributed by atoms with E-state index in [0.29, 0.717) is 11.1 Å². The average molecular weight is 333 g/mol. The van der Waals surface area contributed by atoms with Crippen molar-refractivity contribution in [3.63, 3.8) is 0 Å². The number of aliphatic imine (C=N–C) groups is 1. The van der Waals surface area contributed by atoms with Gasteiger partial charge < -0.3 is 9.47 Å². The van der Waals surface area contributed by atoms with Crippen molar-refractivity contribution in [3.05, 3.63) is 71.2 Å². The summed E-state index contributed by atoms with van der Waals surface area (Å²) in [7, 11) is 0. The van der Waals surface area contributed by atoms with Crippen LogP contribution < -0.4 is 4.74 Å². The van der Waals surface area contributed by atoms with Gasteiger partial charge in [-0.05, 0) is 42.0 Å². The average Bonchev–Trinajstić information content (AvgIpc) is 2.90. The molecule has 0 fully saturated rings. The van der Waals surface area contributed by atoms with Crippen molar-refractivity contribution in [2.75, 3.05) is 0 Å². The molecule has 3 rings (SSSR count). The molecule has 122 valence electrons. The first-order chi connectivity index (χ1) is 11.5. The molecule has 2 aromatic carbocycles. The number of hydrogen-bond acceptors (Lipinski definition) is 4. The summed E-state index contributed by atoms with van der Waals surface area (Å²) in [6, 6.07) is 11.2. The number of alkyl halides is 2. The van der Waals surface area contributed by atoms with Gasteiger partial charge in [-0.1, -0.05) is 18.2 Å². The van der Waals surface area contributed by atoms with Crippen molar-refractivity contribution in [1.29, 1.82) is 0 Å². The van der Waals surface area contributed by atoms with Crippen molar-refractivity contribution in [2.45, 2.75) is 6.61 Å². The second-order valence-electron chi connectivity index (χ2n) is 4.79. The van der Waals surface area contributed by atoms with E-state index in [1.807, 2.05) is 0 Å². The van der Waals surface area contributed by atoms with Crippen molar-refractivity contribution >= 4 is 17.9 Å². The number of nitrogens with zero attached hydrogens (tertiary/aromatic N) is 1. The molecule has 1 heterocycles. The molecule has 1 aliphatic rings. The molecule has 24 heavy (non-hydrogen) atoms.